The van der Waals surface area contributed by atoms with Crippen LogP contribution in [-0.2, 0) is 67.9 Å². The summed E-state index contributed by atoms with van der Waals surface area (Å²) in [6.07, 6.45) is -0.0558. The second-order valence-electron chi connectivity index (χ2n) is 18.9. The van der Waals surface area contributed by atoms with E-state index in [4.69, 9.17) is 29.4 Å². The maximum absolute atomic E-state index is 13.9. The Labute approximate surface area is 419 Å². The van der Waals surface area contributed by atoms with Gasteiger partial charge in [-0.15, -0.1) is 0 Å². The molecule has 0 aliphatic carbocycles. The van der Waals surface area contributed by atoms with Crippen LogP contribution in [0.15, 0.2) is 158 Å². The van der Waals surface area contributed by atoms with Crippen LogP contribution in [0.25, 0.3) is 11.1 Å². The third-order valence-corrected chi connectivity index (χ3v) is 13.7. The minimum Gasteiger partial charge on any atom is -0.489 e. The van der Waals surface area contributed by atoms with E-state index in [1.807, 2.05) is 172 Å². The molecular formula is C58H67N3O9Si. The molecule has 12 nitrogen and oxygen atoms in total. The molecule has 0 saturated heterocycles. The van der Waals surface area contributed by atoms with Gasteiger partial charge < -0.3 is 40.1 Å². The number of hydrogen-bond donors (Lipinski definition) is 3. The molecular weight excluding hydrogens is 911 g/mol. The standard InChI is InChI=1S/C58H67N3O9Si/c1-6-41(2)54(57(64)69-39-44-23-15-9-16-24-44)61-55(62)50(59)35-48-33-46(27-29-52(48)67-37-42-19-11-7-12-20-42)47-28-30-53(68-38-43-21-13-8-14-22-43)49(34-47)36-51(56(63)66-31-32-71(3,4)5)60-58(65)70-40-45-25-17-10-18-26-45/h7-30,33-34,41,50-51,54H,6,31-32,35-40,59H2,1-5H3,(H,60,65)(H,61,62)/t41-,50+,51+,54?/m1/s1. The summed E-state index contributed by atoms with van der Waals surface area (Å²) in [5.74, 6) is -0.815. The van der Waals surface area contributed by atoms with Crippen molar-refractivity contribution in [3.8, 4) is 22.6 Å². The highest BCUT2D eigenvalue weighted by Gasteiger charge is 2.30. The van der Waals surface area contributed by atoms with Crippen LogP contribution in [-0.4, -0.2) is 56.7 Å². The fraction of sp³-hybridized carbons (Fsp3) is 0.310. The summed E-state index contributed by atoms with van der Waals surface area (Å²) in [5, 5.41) is 5.68. The number of ether oxygens (including phenoxy) is 5. The van der Waals surface area contributed by atoms with Gasteiger partial charge in [0.2, 0.25) is 5.91 Å². The monoisotopic (exact) mass is 977 g/mol. The molecule has 0 aromatic heterocycles. The second kappa shape index (κ2) is 26.7. The van der Waals surface area contributed by atoms with Crippen LogP contribution in [0.4, 0.5) is 4.79 Å². The number of hydrogen-bond acceptors (Lipinski definition) is 10. The molecule has 0 aliphatic rings. The van der Waals surface area contributed by atoms with E-state index in [1.165, 1.54) is 0 Å². The first-order chi connectivity index (χ1) is 34.2. The summed E-state index contributed by atoms with van der Waals surface area (Å²) in [5.41, 5.74) is 13.1. The van der Waals surface area contributed by atoms with Crippen LogP contribution in [0.2, 0.25) is 25.7 Å². The minimum atomic E-state index is -1.56. The topological polar surface area (TPSA) is 165 Å². The van der Waals surface area contributed by atoms with Crippen LogP contribution < -0.4 is 25.8 Å². The quantitative estimate of drug-likeness (QED) is 0.0286. The predicted molar refractivity (Wildman–Crippen MR) is 279 cm³/mol. The zero-order chi connectivity index (χ0) is 50.6. The van der Waals surface area contributed by atoms with Crippen molar-refractivity contribution in [1.82, 2.24) is 10.6 Å². The molecule has 0 bridgehead atoms. The van der Waals surface area contributed by atoms with Gasteiger partial charge in [0.05, 0.1) is 12.6 Å². The van der Waals surface area contributed by atoms with Crippen molar-refractivity contribution in [3.63, 3.8) is 0 Å². The number of rotatable bonds is 25. The molecule has 1 unspecified atom stereocenters. The summed E-state index contributed by atoms with van der Waals surface area (Å²) < 4.78 is 29.9. The van der Waals surface area contributed by atoms with Gasteiger partial charge in [-0.25, -0.2) is 14.4 Å². The van der Waals surface area contributed by atoms with Crippen molar-refractivity contribution in [2.75, 3.05) is 6.61 Å². The zero-order valence-corrected chi connectivity index (χ0v) is 42.4. The number of amides is 2. The number of benzene rings is 6. The van der Waals surface area contributed by atoms with Gasteiger partial charge in [-0.1, -0.05) is 173 Å². The van der Waals surface area contributed by atoms with Crippen LogP contribution >= 0.6 is 0 Å². The van der Waals surface area contributed by atoms with E-state index < -0.39 is 50.1 Å². The molecule has 4 N–H and O–H groups in total. The molecule has 0 heterocycles. The third kappa shape index (κ3) is 17.3. The molecule has 6 rings (SSSR count). The van der Waals surface area contributed by atoms with E-state index in [0.29, 0.717) is 29.0 Å². The molecule has 13 heteroatoms. The maximum atomic E-state index is 13.9. The highest BCUT2D eigenvalue weighted by molar-refractivity contribution is 6.76. The van der Waals surface area contributed by atoms with Crippen molar-refractivity contribution in [3.05, 3.63) is 191 Å². The number of nitrogens with one attached hydrogen (secondary N) is 2. The van der Waals surface area contributed by atoms with E-state index in [-0.39, 0.29) is 51.8 Å². The Balaban J connectivity index is 1.30. The molecule has 0 spiro atoms. The Morgan fingerprint density at radius 2 is 1.00 bits per heavy atom. The average molecular weight is 978 g/mol. The van der Waals surface area contributed by atoms with Gasteiger partial charge in [0.1, 0.15) is 50.0 Å². The van der Waals surface area contributed by atoms with E-state index in [9.17, 15) is 19.2 Å². The average Bonchev–Trinajstić information content (AvgIpc) is 3.38. The van der Waals surface area contributed by atoms with E-state index in [2.05, 4.69) is 30.3 Å². The number of nitrogens with two attached hydrogens (primary N) is 1. The lowest BCUT2D eigenvalue weighted by molar-refractivity contribution is -0.150. The van der Waals surface area contributed by atoms with Crippen LogP contribution in [0.1, 0.15) is 53.6 Å². The minimum absolute atomic E-state index is 0.0173. The summed E-state index contributed by atoms with van der Waals surface area (Å²) in [4.78, 5) is 54.7. The van der Waals surface area contributed by atoms with Crippen molar-refractivity contribution in [1.29, 1.82) is 0 Å². The molecule has 6 aromatic carbocycles. The van der Waals surface area contributed by atoms with Gasteiger partial charge in [0, 0.05) is 20.9 Å². The largest absolute Gasteiger partial charge is 0.489 e. The SMILES string of the molecule is CC[C@@H](C)C(NC(=O)[C@@H](N)Cc1cc(-c2ccc(OCc3ccccc3)c(C[C@H](NC(=O)OCc3ccccc3)C(=O)OCC[Si](C)(C)C)c2)ccc1OCc1ccccc1)C(=O)OCc1ccccc1. The Morgan fingerprint density at radius 1 is 0.549 bits per heavy atom. The van der Waals surface area contributed by atoms with Crippen LogP contribution in [0.3, 0.4) is 0 Å². The van der Waals surface area contributed by atoms with Gasteiger partial charge in [0.15, 0.2) is 0 Å². The van der Waals surface area contributed by atoms with Gasteiger partial charge in [-0.3, -0.25) is 4.79 Å². The molecule has 0 radical (unpaired) electrons. The highest BCUT2D eigenvalue weighted by atomic mass is 28.3. The second-order valence-corrected chi connectivity index (χ2v) is 24.5. The summed E-state index contributed by atoms with van der Waals surface area (Å²) in [6.45, 7) is 11.3. The number of carbonyl (C=O) groups is 4. The zero-order valence-electron chi connectivity index (χ0n) is 41.4. The lowest BCUT2D eigenvalue weighted by atomic mass is 9.95. The van der Waals surface area contributed by atoms with Crippen molar-refractivity contribution in [2.45, 2.75) is 103 Å². The van der Waals surface area contributed by atoms with E-state index in [0.717, 1.165) is 39.4 Å². The Bertz CT molecular complexity index is 2630. The molecule has 0 saturated carbocycles. The van der Waals surface area contributed by atoms with Gasteiger partial charge in [-0.2, -0.15) is 0 Å². The first-order valence-electron chi connectivity index (χ1n) is 24.2. The molecule has 2 amide bonds. The summed E-state index contributed by atoms with van der Waals surface area (Å²) >= 11 is 0. The Kier molecular flexibility index (Phi) is 20.0. The Morgan fingerprint density at radius 3 is 1.46 bits per heavy atom. The lowest BCUT2D eigenvalue weighted by Gasteiger charge is -2.25. The fourth-order valence-corrected chi connectivity index (χ4v) is 8.26. The third-order valence-electron chi connectivity index (χ3n) is 12.0. The van der Waals surface area contributed by atoms with Gasteiger partial charge in [-0.05, 0) is 80.7 Å². The number of alkyl carbamates (subject to hydrolysis) is 1. The fourth-order valence-electron chi connectivity index (χ4n) is 7.55. The lowest BCUT2D eigenvalue weighted by Crippen LogP contribution is -2.52. The first-order valence-corrected chi connectivity index (χ1v) is 28.0. The summed E-state index contributed by atoms with van der Waals surface area (Å²) in [6, 6.07) is 47.2. The molecule has 372 valence electrons. The molecule has 4 atom stereocenters. The number of esters is 2. The van der Waals surface area contributed by atoms with Crippen molar-refractivity contribution >= 4 is 32.0 Å². The van der Waals surface area contributed by atoms with Crippen molar-refractivity contribution < 1.29 is 42.9 Å². The smallest absolute Gasteiger partial charge is 0.408 e. The van der Waals surface area contributed by atoms with Gasteiger partial charge in [0.25, 0.3) is 0 Å². The molecule has 6 aromatic rings. The molecule has 0 aliphatic heterocycles. The van der Waals surface area contributed by atoms with Gasteiger partial charge >= 0.3 is 18.0 Å². The molecule has 0 fully saturated rings. The normalized spacial score (nSPS) is 12.9. The van der Waals surface area contributed by atoms with E-state index >= 15 is 0 Å². The van der Waals surface area contributed by atoms with Crippen molar-refractivity contribution in [2.24, 2.45) is 11.7 Å². The first kappa shape index (κ1) is 53.1. The molecule has 71 heavy (non-hydrogen) atoms. The van der Waals surface area contributed by atoms with E-state index in [1.54, 1.807) is 0 Å². The van der Waals surface area contributed by atoms with Crippen LogP contribution in [0, 0.1) is 5.92 Å². The summed E-state index contributed by atoms with van der Waals surface area (Å²) in [7, 11) is -1.56. The predicted octanol–water partition coefficient (Wildman–Crippen LogP) is 10.4. The Hall–Kier alpha value is -7.22. The maximum Gasteiger partial charge on any atom is 0.408 e. The highest BCUT2D eigenvalue weighted by Crippen LogP contribution is 2.33. The number of carbonyl (C=O) groups excluding carboxylic acids is 4. The van der Waals surface area contributed by atoms with Crippen LogP contribution in [0.5, 0.6) is 11.5 Å².